The fourth-order valence-corrected chi connectivity index (χ4v) is 7.38. The largest absolute Gasteiger partial charge is 0.490 e. The van der Waals surface area contributed by atoms with Crippen molar-refractivity contribution < 1.29 is 42.1 Å². The number of anilines is 1. The van der Waals surface area contributed by atoms with E-state index < -0.39 is 54.4 Å². The standard InChI is InChI=1S/C41H50F3N7O6/c1-40(2,39-46-21-35(57-39)28-17-29(49(3)4)20-45-19-28)51-15-14-50(32(23-51)38(55)47-25-41(42,43)44)22-30(52)18-27(16-26-10-6-5-7-11-26)37(54)48-36-31-12-8-9-13-34(31)56-24-33(36)53/h5-13,17,19-21,27,30,32-33,36,52-53H,14-16,18,22-25H2,1-4H3,(H,47,55)(H,48,54)/t27-,30+,32+,33-,36+/m1/s1. The van der Waals surface area contributed by atoms with Crippen LogP contribution in [-0.2, 0) is 21.5 Å². The molecule has 0 saturated carbocycles. The molecule has 0 aliphatic carbocycles. The zero-order valence-electron chi connectivity index (χ0n) is 32.4. The molecule has 6 rings (SSSR count). The fraction of sp³-hybridized carbons (Fsp3) is 0.463. The predicted molar refractivity (Wildman–Crippen MR) is 206 cm³/mol. The fourth-order valence-electron chi connectivity index (χ4n) is 7.38. The van der Waals surface area contributed by atoms with Crippen LogP contribution in [0.4, 0.5) is 18.9 Å². The third-order valence-electron chi connectivity index (χ3n) is 10.6. The van der Waals surface area contributed by atoms with Crippen LogP contribution in [-0.4, -0.2) is 120 Å². The first-order valence-electron chi connectivity index (χ1n) is 18.9. The molecule has 2 aromatic heterocycles. The normalized spacial score (nSPS) is 20.2. The van der Waals surface area contributed by atoms with Gasteiger partial charge in [-0.15, -0.1) is 0 Å². The quantitative estimate of drug-likeness (QED) is 0.147. The van der Waals surface area contributed by atoms with Crippen LogP contribution in [0, 0.1) is 5.92 Å². The molecule has 0 bridgehead atoms. The number of fused-ring (bicyclic) bond motifs is 1. The molecule has 2 aliphatic heterocycles. The summed E-state index contributed by atoms with van der Waals surface area (Å²) in [7, 11) is 3.80. The molecule has 306 valence electrons. The first-order chi connectivity index (χ1) is 27.1. The molecular weight excluding hydrogens is 743 g/mol. The van der Waals surface area contributed by atoms with E-state index in [0.29, 0.717) is 35.1 Å². The van der Waals surface area contributed by atoms with Gasteiger partial charge in [0.25, 0.3) is 0 Å². The van der Waals surface area contributed by atoms with Gasteiger partial charge < -0.3 is 34.9 Å². The van der Waals surface area contributed by atoms with Crippen LogP contribution in [0.25, 0.3) is 11.3 Å². The number of aliphatic hydroxyl groups is 2. The Hall–Kier alpha value is -5.03. The van der Waals surface area contributed by atoms with Crippen molar-refractivity contribution in [2.75, 3.05) is 58.3 Å². The Morgan fingerprint density at radius 2 is 1.77 bits per heavy atom. The Labute approximate surface area is 329 Å². The number of carbonyl (C=O) groups is 2. The molecule has 4 heterocycles. The summed E-state index contributed by atoms with van der Waals surface area (Å²) in [6.07, 6.45) is -1.54. The Balaban J connectivity index is 1.19. The second-order valence-electron chi connectivity index (χ2n) is 15.4. The minimum Gasteiger partial charge on any atom is -0.490 e. The first-order valence-corrected chi connectivity index (χ1v) is 18.9. The van der Waals surface area contributed by atoms with Gasteiger partial charge in [0.05, 0.1) is 35.8 Å². The lowest BCUT2D eigenvalue weighted by Crippen LogP contribution is -2.63. The summed E-state index contributed by atoms with van der Waals surface area (Å²) in [5.41, 5.74) is 2.19. The summed E-state index contributed by atoms with van der Waals surface area (Å²) in [5, 5.41) is 27.4. The number of nitrogens with zero attached hydrogens (tertiary/aromatic N) is 5. The minimum atomic E-state index is -4.63. The molecule has 13 nitrogen and oxygen atoms in total. The highest BCUT2D eigenvalue weighted by atomic mass is 19.4. The molecular formula is C41H50F3N7O6. The number of carbonyl (C=O) groups excluding carboxylic acids is 2. The van der Waals surface area contributed by atoms with Crippen LogP contribution < -0.4 is 20.3 Å². The second kappa shape index (κ2) is 17.6. The molecule has 4 aromatic rings. The number of hydrogen-bond acceptors (Lipinski definition) is 11. The van der Waals surface area contributed by atoms with Crippen molar-refractivity contribution >= 4 is 17.5 Å². The number of ether oxygens (including phenoxy) is 1. The number of halogens is 3. The van der Waals surface area contributed by atoms with E-state index in [0.717, 1.165) is 11.3 Å². The predicted octanol–water partition coefficient (Wildman–Crippen LogP) is 3.92. The number of β-amino-alcohol motifs (C(OH)–C–C–N with tert-alkyl or cyclic N) is 1. The van der Waals surface area contributed by atoms with E-state index in [4.69, 9.17) is 9.15 Å². The number of amides is 2. The summed E-state index contributed by atoms with van der Waals surface area (Å²) in [4.78, 5) is 41.9. The number of hydrogen-bond donors (Lipinski definition) is 4. The van der Waals surface area contributed by atoms with Crippen molar-refractivity contribution in [1.82, 2.24) is 30.4 Å². The van der Waals surface area contributed by atoms with Gasteiger partial charge in [-0.1, -0.05) is 48.5 Å². The smallest absolute Gasteiger partial charge is 0.405 e. The minimum absolute atomic E-state index is 0.00617. The molecule has 0 radical (unpaired) electrons. The van der Waals surface area contributed by atoms with Gasteiger partial charge in [-0.05, 0) is 44.4 Å². The molecule has 2 aromatic carbocycles. The molecule has 1 saturated heterocycles. The maximum atomic E-state index is 14.0. The van der Waals surface area contributed by atoms with E-state index in [9.17, 15) is 33.0 Å². The number of para-hydroxylation sites is 1. The summed E-state index contributed by atoms with van der Waals surface area (Å²) in [5.74, 6) is -0.594. The van der Waals surface area contributed by atoms with Crippen LogP contribution in [0.15, 0.2) is 83.7 Å². The average Bonchev–Trinajstić information content (AvgIpc) is 3.70. The third-order valence-corrected chi connectivity index (χ3v) is 10.6. The number of oxazole rings is 1. The van der Waals surface area contributed by atoms with E-state index in [1.54, 1.807) is 47.8 Å². The van der Waals surface area contributed by atoms with Crippen LogP contribution in [0.1, 0.15) is 43.3 Å². The van der Waals surface area contributed by atoms with Crippen LogP contribution in [0.5, 0.6) is 5.75 Å². The maximum absolute atomic E-state index is 14.0. The van der Waals surface area contributed by atoms with Gasteiger partial charge in [0, 0.05) is 63.5 Å². The molecule has 0 unspecified atom stereocenters. The number of benzene rings is 2. The van der Waals surface area contributed by atoms with Gasteiger partial charge in [-0.3, -0.25) is 24.4 Å². The van der Waals surface area contributed by atoms with Crippen molar-refractivity contribution in [3.8, 4) is 17.1 Å². The van der Waals surface area contributed by atoms with Gasteiger partial charge in [0.15, 0.2) is 5.76 Å². The van der Waals surface area contributed by atoms with Crippen molar-refractivity contribution in [3.05, 3.63) is 96.3 Å². The van der Waals surface area contributed by atoms with Crippen LogP contribution in [0.3, 0.4) is 0 Å². The molecule has 1 fully saturated rings. The van der Waals surface area contributed by atoms with Crippen molar-refractivity contribution in [1.29, 1.82) is 0 Å². The number of pyridine rings is 1. The van der Waals surface area contributed by atoms with Gasteiger partial charge in [0.2, 0.25) is 17.7 Å². The molecule has 57 heavy (non-hydrogen) atoms. The summed E-state index contributed by atoms with van der Waals surface area (Å²) < 4.78 is 51.8. The highest BCUT2D eigenvalue weighted by Crippen LogP contribution is 2.35. The Morgan fingerprint density at radius 1 is 1.04 bits per heavy atom. The van der Waals surface area contributed by atoms with Gasteiger partial charge in [-0.2, -0.15) is 13.2 Å². The highest BCUT2D eigenvalue weighted by Gasteiger charge is 2.43. The summed E-state index contributed by atoms with van der Waals surface area (Å²) >= 11 is 0. The number of piperazine rings is 1. The maximum Gasteiger partial charge on any atom is 0.405 e. The molecule has 4 N–H and O–H groups in total. The second-order valence-corrected chi connectivity index (χ2v) is 15.4. The Kier molecular flexibility index (Phi) is 12.9. The summed E-state index contributed by atoms with van der Waals surface area (Å²) in [6, 6.07) is 16.5. The Bertz CT molecular complexity index is 1980. The number of nitrogens with one attached hydrogen (secondary N) is 2. The highest BCUT2D eigenvalue weighted by molar-refractivity contribution is 5.82. The monoisotopic (exact) mass is 793 g/mol. The molecule has 2 amide bonds. The number of rotatable bonds is 14. The topological polar surface area (TPSA) is 157 Å². The summed E-state index contributed by atoms with van der Waals surface area (Å²) in [6.45, 7) is 2.73. The number of aliphatic hydroxyl groups excluding tert-OH is 2. The van der Waals surface area contributed by atoms with Crippen molar-refractivity contribution in [3.63, 3.8) is 0 Å². The average molecular weight is 794 g/mol. The van der Waals surface area contributed by atoms with Crippen molar-refractivity contribution in [2.45, 2.75) is 62.7 Å². The lowest BCUT2D eigenvalue weighted by Gasteiger charge is -2.46. The Morgan fingerprint density at radius 3 is 2.51 bits per heavy atom. The van der Waals surface area contributed by atoms with Crippen LogP contribution >= 0.6 is 0 Å². The van der Waals surface area contributed by atoms with Crippen molar-refractivity contribution in [2.24, 2.45) is 5.92 Å². The molecule has 0 spiro atoms. The zero-order valence-corrected chi connectivity index (χ0v) is 32.4. The molecule has 2 aliphatic rings. The SMILES string of the molecule is CN(C)c1cncc(-c2cnc(C(C)(C)N3CCN(C[C@@H](O)C[C@@H](Cc4ccccc4)C(=O)N[C@H]4c5ccccc5OC[C@H]4O)[C@H](C(=O)NCC(F)(F)F)C3)o2)c1. The van der Waals surface area contributed by atoms with E-state index in [1.165, 1.54) is 0 Å². The van der Waals surface area contributed by atoms with Gasteiger partial charge >= 0.3 is 6.18 Å². The number of aromatic nitrogens is 2. The molecule has 16 heteroatoms. The van der Waals surface area contributed by atoms with Gasteiger partial charge in [-0.25, -0.2) is 4.98 Å². The first kappa shape index (κ1) is 41.6. The van der Waals surface area contributed by atoms with E-state index in [1.807, 2.05) is 79.5 Å². The third kappa shape index (κ3) is 10.3. The van der Waals surface area contributed by atoms with E-state index >= 15 is 0 Å². The zero-order chi connectivity index (χ0) is 40.9. The lowest BCUT2D eigenvalue weighted by atomic mass is 9.90. The van der Waals surface area contributed by atoms with Crippen LogP contribution in [0.2, 0.25) is 0 Å². The van der Waals surface area contributed by atoms with E-state index in [2.05, 4.69) is 15.3 Å². The number of alkyl halides is 3. The van der Waals surface area contributed by atoms with E-state index in [-0.39, 0.29) is 45.0 Å². The molecule has 5 atom stereocenters. The lowest BCUT2D eigenvalue weighted by molar-refractivity contribution is -0.144. The van der Waals surface area contributed by atoms with Gasteiger partial charge in [0.1, 0.15) is 31.0 Å².